The van der Waals surface area contributed by atoms with Crippen molar-refractivity contribution < 1.29 is 9.59 Å². The molecule has 0 saturated heterocycles. The van der Waals surface area contributed by atoms with Gasteiger partial charge in [-0.3, -0.25) is 9.59 Å². The summed E-state index contributed by atoms with van der Waals surface area (Å²) in [5.74, 6) is -0.474. The smallest absolute Gasteiger partial charge is 0.251 e. The number of primary amides is 1. The average molecular weight is 294 g/mol. The van der Waals surface area contributed by atoms with Gasteiger partial charge >= 0.3 is 0 Å². The van der Waals surface area contributed by atoms with Crippen molar-refractivity contribution in [3.8, 4) is 11.1 Å². The van der Waals surface area contributed by atoms with Crippen LogP contribution in [0.4, 0.5) is 0 Å². The first kappa shape index (κ1) is 14.3. The molecule has 0 radical (unpaired) electrons. The summed E-state index contributed by atoms with van der Waals surface area (Å²) in [4.78, 5) is 23.3. The lowest BCUT2D eigenvalue weighted by Crippen LogP contribution is -2.25. The van der Waals surface area contributed by atoms with Gasteiger partial charge in [0.05, 0.1) is 0 Å². The van der Waals surface area contributed by atoms with Crippen LogP contribution in [0.25, 0.3) is 11.1 Å². The van der Waals surface area contributed by atoms with E-state index in [9.17, 15) is 9.59 Å². The molecule has 0 unspecified atom stereocenters. The minimum absolute atomic E-state index is 0.0301. The summed E-state index contributed by atoms with van der Waals surface area (Å²) in [6.45, 7) is 2.00. The lowest BCUT2D eigenvalue weighted by atomic mass is 9.97. The Morgan fingerprint density at radius 3 is 2.27 bits per heavy atom. The zero-order valence-corrected chi connectivity index (χ0v) is 12.4. The highest BCUT2D eigenvalue weighted by atomic mass is 16.2. The molecule has 2 aromatic carbocycles. The summed E-state index contributed by atoms with van der Waals surface area (Å²) in [6, 6.07) is 13.1. The van der Waals surface area contributed by atoms with E-state index in [1.165, 1.54) is 0 Å². The molecule has 3 N–H and O–H groups in total. The van der Waals surface area contributed by atoms with E-state index >= 15 is 0 Å². The quantitative estimate of drug-likeness (QED) is 0.910. The summed E-state index contributed by atoms with van der Waals surface area (Å²) in [5, 5.41) is 2.99. The summed E-state index contributed by atoms with van der Waals surface area (Å²) >= 11 is 0. The number of nitrogens with one attached hydrogen (secondary N) is 1. The molecule has 4 heteroatoms. The topological polar surface area (TPSA) is 72.2 Å². The van der Waals surface area contributed by atoms with E-state index in [2.05, 4.69) is 5.32 Å². The largest absolute Gasteiger partial charge is 0.366 e. The number of nitrogens with two attached hydrogens (primary N) is 1. The molecule has 0 atom stereocenters. The maximum Gasteiger partial charge on any atom is 0.251 e. The van der Waals surface area contributed by atoms with E-state index in [0.29, 0.717) is 17.2 Å². The number of hydrogen-bond acceptors (Lipinski definition) is 2. The SMILES string of the molecule is Cc1ccc(C(=O)NC2CC2)cc1-c1ccc(C(N)=O)cc1. The molecular formula is C18H18N2O2. The van der Waals surface area contributed by atoms with Gasteiger partial charge in [0.25, 0.3) is 5.91 Å². The van der Waals surface area contributed by atoms with Crippen LogP contribution in [0, 0.1) is 6.92 Å². The predicted molar refractivity (Wildman–Crippen MR) is 85.6 cm³/mol. The molecule has 22 heavy (non-hydrogen) atoms. The third-order valence-electron chi connectivity index (χ3n) is 3.89. The highest BCUT2D eigenvalue weighted by Gasteiger charge is 2.24. The van der Waals surface area contributed by atoms with Crippen LogP contribution in [0.2, 0.25) is 0 Å². The van der Waals surface area contributed by atoms with Gasteiger partial charge < -0.3 is 11.1 Å². The van der Waals surface area contributed by atoms with E-state index in [1.54, 1.807) is 12.1 Å². The van der Waals surface area contributed by atoms with Gasteiger partial charge in [-0.2, -0.15) is 0 Å². The van der Waals surface area contributed by atoms with Gasteiger partial charge in [0.1, 0.15) is 0 Å². The van der Waals surface area contributed by atoms with Gasteiger partial charge in [-0.15, -0.1) is 0 Å². The van der Waals surface area contributed by atoms with Gasteiger partial charge in [0, 0.05) is 17.2 Å². The van der Waals surface area contributed by atoms with E-state index in [1.807, 2.05) is 37.3 Å². The van der Waals surface area contributed by atoms with Crippen LogP contribution in [0.1, 0.15) is 39.1 Å². The number of hydrogen-bond donors (Lipinski definition) is 2. The molecule has 0 heterocycles. The highest BCUT2D eigenvalue weighted by molar-refractivity contribution is 5.96. The zero-order chi connectivity index (χ0) is 15.7. The third kappa shape index (κ3) is 3.01. The first-order valence-corrected chi connectivity index (χ1v) is 7.36. The molecule has 1 aliphatic rings. The maximum absolute atomic E-state index is 12.2. The molecule has 0 spiro atoms. The van der Waals surface area contributed by atoms with E-state index in [4.69, 9.17) is 5.73 Å². The normalized spacial score (nSPS) is 13.7. The average Bonchev–Trinajstić information content (AvgIpc) is 3.31. The van der Waals surface area contributed by atoms with E-state index in [0.717, 1.165) is 29.5 Å². The number of carbonyl (C=O) groups is 2. The number of amides is 2. The summed E-state index contributed by atoms with van der Waals surface area (Å²) in [6.07, 6.45) is 2.14. The third-order valence-corrected chi connectivity index (χ3v) is 3.89. The Bertz CT molecular complexity index is 731. The summed E-state index contributed by atoms with van der Waals surface area (Å²) in [5.41, 5.74) is 9.42. The van der Waals surface area contributed by atoms with Crippen molar-refractivity contribution >= 4 is 11.8 Å². The zero-order valence-electron chi connectivity index (χ0n) is 12.4. The van der Waals surface area contributed by atoms with Crippen LogP contribution in [0.5, 0.6) is 0 Å². The number of rotatable bonds is 4. The summed E-state index contributed by atoms with van der Waals surface area (Å²) in [7, 11) is 0. The van der Waals surface area contributed by atoms with Gasteiger partial charge in [0.15, 0.2) is 0 Å². The second kappa shape index (κ2) is 5.64. The molecule has 112 valence electrons. The Morgan fingerprint density at radius 2 is 1.68 bits per heavy atom. The molecule has 4 nitrogen and oxygen atoms in total. The van der Waals surface area contributed by atoms with Crippen LogP contribution in [0.15, 0.2) is 42.5 Å². The van der Waals surface area contributed by atoms with Crippen molar-refractivity contribution in [2.45, 2.75) is 25.8 Å². The molecule has 1 saturated carbocycles. The monoisotopic (exact) mass is 294 g/mol. The molecule has 3 rings (SSSR count). The number of aryl methyl sites for hydroxylation is 1. The summed E-state index contributed by atoms with van der Waals surface area (Å²) < 4.78 is 0. The van der Waals surface area contributed by atoms with Gasteiger partial charge in [-0.1, -0.05) is 18.2 Å². The number of benzene rings is 2. The van der Waals surface area contributed by atoms with Crippen LogP contribution in [-0.2, 0) is 0 Å². The Morgan fingerprint density at radius 1 is 1.05 bits per heavy atom. The van der Waals surface area contributed by atoms with Crippen molar-refractivity contribution in [3.05, 3.63) is 59.2 Å². The molecule has 1 aliphatic carbocycles. The van der Waals surface area contributed by atoms with Crippen LogP contribution < -0.4 is 11.1 Å². The minimum Gasteiger partial charge on any atom is -0.366 e. The minimum atomic E-state index is -0.444. The Kier molecular flexibility index (Phi) is 3.67. The molecule has 0 aliphatic heterocycles. The first-order valence-electron chi connectivity index (χ1n) is 7.36. The van der Waals surface area contributed by atoms with Crippen molar-refractivity contribution in [3.63, 3.8) is 0 Å². The molecular weight excluding hydrogens is 276 g/mol. The Hall–Kier alpha value is -2.62. The van der Waals surface area contributed by atoms with Crippen LogP contribution >= 0.6 is 0 Å². The Balaban J connectivity index is 1.91. The van der Waals surface area contributed by atoms with Crippen molar-refractivity contribution in [2.24, 2.45) is 5.73 Å². The number of carbonyl (C=O) groups excluding carboxylic acids is 2. The van der Waals surface area contributed by atoms with Crippen molar-refractivity contribution in [1.29, 1.82) is 0 Å². The fourth-order valence-corrected chi connectivity index (χ4v) is 2.38. The van der Waals surface area contributed by atoms with Crippen molar-refractivity contribution in [2.75, 3.05) is 0 Å². The van der Waals surface area contributed by atoms with Gasteiger partial charge in [0.2, 0.25) is 5.91 Å². The predicted octanol–water partition coefficient (Wildman–Crippen LogP) is 2.65. The van der Waals surface area contributed by atoms with Crippen LogP contribution in [-0.4, -0.2) is 17.9 Å². The fourth-order valence-electron chi connectivity index (χ4n) is 2.38. The van der Waals surface area contributed by atoms with Gasteiger partial charge in [-0.25, -0.2) is 0 Å². The second-order valence-corrected chi connectivity index (χ2v) is 5.72. The molecule has 1 fully saturated rings. The lowest BCUT2D eigenvalue weighted by Gasteiger charge is -2.10. The van der Waals surface area contributed by atoms with Gasteiger partial charge in [-0.05, 0) is 60.7 Å². The second-order valence-electron chi connectivity index (χ2n) is 5.72. The van der Waals surface area contributed by atoms with E-state index < -0.39 is 5.91 Å². The molecule has 0 aromatic heterocycles. The molecule has 2 amide bonds. The maximum atomic E-state index is 12.2. The van der Waals surface area contributed by atoms with Crippen LogP contribution in [0.3, 0.4) is 0 Å². The Labute approximate surface area is 129 Å². The molecule has 2 aromatic rings. The highest BCUT2D eigenvalue weighted by Crippen LogP contribution is 2.26. The molecule has 0 bridgehead atoms. The van der Waals surface area contributed by atoms with Crippen molar-refractivity contribution in [1.82, 2.24) is 5.32 Å². The standard InChI is InChI=1S/C18H18N2O2/c1-11-2-3-14(18(22)20-15-8-9-15)10-16(11)12-4-6-13(7-5-12)17(19)21/h2-7,10,15H,8-9H2,1H3,(H2,19,21)(H,20,22). The van der Waals surface area contributed by atoms with E-state index in [-0.39, 0.29) is 5.91 Å². The lowest BCUT2D eigenvalue weighted by molar-refractivity contribution is 0.0949. The first-order chi connectivity index (χ1) is 10.5. The fraction of sp³-hybridized carbons (Fsp3) is 0.222.